The summed E-state index contributed by atoms with van der Waals surface area (Å²) in [5, 5.41) is 15.5. The minimum absolute atomic E-state index is 0.200. The molecule has 0 bridgehead atoms. The molecule has 2 aromatic rings. The average molecular weight is 356 g/mol. The van der Waals surface area contributed by atoms with Gasteiger partial charge in [-0.1, -0.05) is 0 Å². The van der Waals surface area contributed by atoms with Crippen molar-refractivity contribution in [1.82, 2.24) is 4.98 Å². The van der Waals surface area contributed by atoms with E-state index < -0.39 is 33.8 Å². The quantitative estimate of drug-likeness (QED) is 0.575. The highest BCUT2D eigenvalue weighted by Gasteiger charge is 2.31. The fourth-order valence-corrected chi connectivity index (χ4v) is 1.98. The van der Waals surface area contributed by atoms with Crippen LogP contribution in [0.5, 0.6) is 0 Å². The van der Waals surface area contributed by atoms with Gasteiger partial charge in [0.2, 0.25) is 0 Å². The second kappa shape index (κ2) is 6.63. The van der Waals surface area contributed by atoms with Crippen LogP contribution in [0.25, 0.3) is 0 Å². The Balaban J connectivity index is 2.42. The summed E-state index contributed by atoms with van der Waals surface area (Å²) in [6, 6.07) is 3.85. The fraction of sp³-hybridized carbons (Fsp3) is 0.143. The molecule has 11 heteroatoms. The molecule has 1 aromatic carbocycles. The number of halogens is 3. The number of nitrogens with one attached hydrogen (secondary N) is 3. The van der Waals surface area contributed by atoms with Gasteiger partial charge in [-0.2, -0.15) is 13.2 Å². The van der Waals surface area contributed by atoms with Crippen molar-refractivity contribution >= 4 is 23.0 Å². The lowest BCUT2D eigenvalue weighted by Gasteiger charge is -2.11. The highest BCUT2D eigenvalue weighted by molar-refractivity contribution is 6.08. The molecule has 0 aliphatic heterocycles. The van der Waals surface area contributed by atoms with Gasteiger partial charge in [0.1, 0.15) is 5.69 Å². The van der Waals surface area contributed by atoms with Crippen molar-refractivity contribution in [2.75, 3.05) is 17.7 Å². The Morgan fingerprint density at radius 2 is 1.92 bits per heavy atom. The number of benzene rings is 1. The maximum atomic E-state index is 12.7. The van der Waals surface area contributed by atoms with Crippen molar-refractivity contribution in [3.63, 3.8) is 0 Å². The Morgan fingerprint density at radius 3 is 2.48 bits per heavy atom. The number of H-pyrrole nitrogens is 1. The van der Waals surface area contributed by atoms with Crippen molar-refractivity contribution in [1.29, 1.82) is 0 Å². The Kier molecular flexibility index (Phi) is 4.77. The molecule has 1 heterocycles. The van der Waals surface area contributed by atoms with E-state index in [4.69, 9.17) is 0 Å². The second-order valence-corrected chi connectivity index (χ2v) is 4.82. The summed E-state index contributed by atoms with van der Waals surface area (Å²) in [7, 11) is 1.45. The van der Waals surface area contributed by atoms with Gasteiger partial charge >= 0.3 is 6.18 Å². The Labute approximate surface area is 137 Å². The van der Waals surface area contributed by atoms with Crippen molar-refractivity contribution < 1.29 is 22.9 Å². The molecule has 0 aliphatic rings. The average Bonchev–Trinajstić information content (AvgIpc) is 2.55. The van der Waals surface area contributed by atoms with Crippen LogP contribution in [0.15, 0.2) is 35.3 Å². The van der Waals surface area contributed by atoms with Crippen LogP contribution in [0, 0.1) is 10.1 Å². The zero-order valence-electron chi connectivity index (χ0n) is 12.6. The monoisotopic (exact) mass is 356 g/mol. The molecular formula is C14H11F3N4O4. The maximum Gasteiger partial charge on any atom is 0.417 e. The smallest absolute Gasteiger partial charge is 0.387 e. The van der Waals surface area contributed by atoms with Crippen LogP contribution in [0.2, 0.25) is 0 Å². The number of nitro groups is 1. The first kappa shape index (κ1) is 18.0. The van der Waals surface area contributed by atoms with E-state index in [1.807, 2.05) is 10.3 Å². The highest BCUT2D eigenvalue weighted by Crippen LogP contribution is 2.29. The van der Waals surface area contributed by atoms with Crippen LogP contribution < -0.4 is 16.2 Å². The van der Waals surface area contributed by atoms with E-state index in [0.29, 0.717) is 12.3 Å². The van der Waals surface area contributed by atoms with E-state index in [-0.39, 0.29) is 16.9 Å². The number of carbonyl (C=O) groups excluding carboxylic acids is 1. The number of non-ortho nitro benzene ring substituents is 1. The van der Waals surface area contributed by atoms with Crippen LogP contribution in [-0.4, -0.2) is 22.9 Å². The predicted molar refractivity (Wildman–Crippen MR) is 82.7 cm³/mol. The third kappa shape index (κ3) is 3.94. The number of aromatic nitrogens is 1. The van der Waals surface area contributed by atoms with Crippen molar-refractivity contribution in [2.45, 2.75) is 6.18 Å². The second-order valence-electron chi connectivity index (χ2n) is 4.82. The van der Waals surface area contributed by atoms with Crippen molar-refractivity contribution in [2.24, 2.45) is 0 Å². The first-order valence-corrected chi connectivity index (χ1v) is 6.71. The summed E-state index contributed by atoms with van der Waals surface area (Å²) in [6.45, 7) is 0. The highest BCUT2D eigenvalue weighted by atomic mass is 19.4. The molecular weight excluding hydrogens is 345 g/mol. The molecule has 0 spiro atoms. The molecule has 1 aromatic heterocycles. The van der Waals surface area contributed by atoms with E-state index in [0.717, 1.165) is 12.1 Å². The maximum absolute atomic E-state index is 12.7. The standard InChI is InChI=1S/C14H11F3N4O4/c1-18-10-3-2-8(21(24)25)5-9(10)12(22)20-11-4-7(14(15,16)17)6-19-13(11)23/h2-6,18H,1H3,(H,19,23)(H,20,22). The van der Waals surface area contributed by atoms with Crippen LogP contribution in [0.4, 0.5) is 30.2 Å². The molecule has 25 heavy (non-hydrogen) atoms. The third-order valence-corrected chi connectivity index (χ3v) is 3.21. The minimum Gasteiger partial charge on any atom is -0.387 e. The van der Waals surface area contributed by atoms with Gasteiger partial charge in [-0.3, -0.25) is 19.7 Å². The summed E-state index contributed by atoms with van der Waals surface area (Å²) in [4.78, 5) is 35.9. The molecule has 132 valence electrons. The topological polar surface area (TPSA) is 117 Å². The lowest BCUT2D eigenvalue weighted by atomic mass is 10.1. The SMILES string of the molecule is CNc1ccc([N+](=O)[O-])cc1C(=O)Nc1cc(C(F)(F)F)c[nH]c1=O. The number of rotatable bonds is 4. The van der Waals surface area contributed by atoms with Gasteiger partial charge in [0.15, 0.2) is 0 Å². The number of carbonyl (C=O) groups is 1. The van der Waals surface area contributed by atoms with Crippen molar-refractivity contribution in [3.05, 3.63) is 62.1 Å². The number of anilines is 2. The summed E-state index contributed by atoms with van der Waals surface area (Å²) < 4.78 is 38.1. The molecule has 0 radical (unpaired) electrons. The van der Waals surface area contributed by atoms with Gasteiger partial charge in [0, 0.05) is 31.1 Å². The molecule has 0 saturated carbocycles. The van der Waals surface area contributed by atoms with E-state index in [1.54, 1.807) is 0 Å². The van der Waals surface area contributed by atoms with E-state index in [2.05, 4.69) is 5.32 Å². The summed E-state index contributed by atoms with van der Waals surface area (Å²) in [6.07, 6.45) is -4.24. The van der Waals surface area contributed by atoms with E-state index in [1.165, 1.54) is 13.1 Å². The number of nitro benzene ring substituents is 1. The molecule has 2 rings (SSSR count). The molecule has 8 nitrogen and oxygen atoms in total. The van der Waals surface area contributed by atoms with Crippen LogP contribution in [0.3, 0.4) is 0 Å². The van der Waals surface area contributed by atoms with Crippen LogP contribution in [0.1, 0.15) is 15.9 Å². The molecule has 3 N–H and O–H groups in total. The molecule has 0 atom stereocenters. The van der Waals surface area contributed by atoms with Gasteiger partial charge in [-0.15, -0.1) is 0 Å². The molecule has 0 saturated heterocycles. The van der Waals surface area contributed by atoms with Gasteiger partial charge in [0.25, 0.3) is 17.2 Å². The third-order valence-electron chi connectivity index (χ3n) is 3.21. The number of hydrogen-bond donors (Lipinski definition) is 3. The minimum atomic E-state index is -4.72. The zero-order chi connectivity index (χ0) is 18.8. The Morgan fingerprint density at radius 1 is 1.24 bits per heavy atom. The lowest BCUT2D eigenvalue weighted by molar-refractivity contribution is -0.384. The fourth-order valence-electron chi connectivity index (χ4n) is 1.98. The lowest BCUT2D eigenvalue weighted by Crippen LogP contribution is -2.22. The van der Waals surface area contributed by atoms with Crippen LogP contribution >= 0.6 is 0 Å². The van der Waals surface area contributed by atoms with Gasteiger partial charge in [-0.05, 0) is 12.1 Å². The number of aromatic amines is 1. The zero-order valence-corrected chi connectivity index (χ0v) is 12.6. The van der Waals surface area contributed by atoms with Crippen molar-refractivity contribution in [3.8, 4) is 0 Å². The molecule has 0 unspecified atom stereocenters. The number of hydrogen-bond acceptors (Lipinski definition) is 5. The summed E-state index contributed by atoms with van der Waals surface area (Å²) in [5.74, 6) is -0.974. The number of pyridine rings is 1. The molecule has 0 fully saturated rings. The molecule has 1 amide bonds. The van der Waals surface area contributed by atoms with Crippen LogP contribution in [-0.2, 0) is 6.18 Å². The largest absolute Gasteiger partial charge is 0.417 e. The number of amides is 1. The normalized spacial score (nSPS) is 11.0. The van der Waals surface area contributed by atoms with E-state index >= 15 is 0 Å². The first-order valence-electron chi connectivity index (χ1n) is 6.71. The predicted octanol–water partition coefficient (Wildman–Crippen LogP) is 2.60. The van der Waals surface area contributed by atoms with Gasteiger partial charge in [0.05, 0.1) is 16.1 Å². The Bertz CT molecular complexity index is 892. The van der Waals surface area contributed by atoms with E-state index in [9.17, 15) is 32.9 Å². The first-order chi connectivity index (χ1) is 11.6. The van der Waals surface area contributed by atoms with Gasteiger partial charge in [-0.25, -0.2) is 0 Å². The van der Waals surface area contributed by atoms with Gasteiger partial charge < -0.3 is 15.6 Å². The Hall–Kier alpha value is -3.37. The summed E-state index contributed by atoms with van der Waals surface area (Å²) in [5.41, 5.74) is -3.12. The number of nitrogens with zero attached hydrogens (tertiary/aromatic N) is 1. The number of alkyl halides is 3. The summed E-state index contributed by atoms with van der Waals surface area (Å²) >= 11 is 0. The molecule has 0 aliphatic carbocycles.